The lowest BCUT2D eigenvalue weighted by molar-refractivity contribution is 0.194. The number of hydrogen-bond acceptors (Lipinski definition) is 2. The first-order chi connectivity index (χ1) is 9.60. The average molecular weight is 313 g/mol. The zero-order valence-electron chi connectivity index (χ0n) is 12.0. The summed E-state index contributed by atoms with van der Waals surface area (Å²) in [5.74, 6) is 0. The highest BCUT2D eigenvalue weighted by Crippen LogP contribution is 2.40. The van der Waals surface area contributed by atoms with Crippen molar-refractivity contribution in [1.29, 1.82) is 0 Å². The first kappa shape index (κ1) is 14.6. The topological polar surface area (TPSA) is 15.3 Å². The van der Waals surface area contributed by atoms with Gasteiger partial charge in [0.25, 0.3) is 0 Å². The van der Waals surface area contributed by atoms with Gasteiger partial charge in [0, 0.05) is 13.1 Å². The number of benzene rings is 1. The summed E-state index contributed by atoms with van der Waals surface area (Å²) in [4.78, 5) is 2.54. The van der Waals surface area contributed by atoms with Crippen molar-refractivity contribution >= 4 is 23.2 Å². The van der Waals surface area contributed by atoms with Crippen LogP contribution in [-0.2, 0) is 6.54 Å². The van der Waals surface area contributed by atoms with Gasteiger partial charge >= 0.3 is 0 Å². The smallest absolute Gasteiger partial charge is 0.0640 e. The SMILES string of the molecule is Cc1ccc(CN2CCC3(CCNCC3)C2)c(Cl)c1Cl. The van der Waals surface area contributed by atoms with E-state index >= 15 is 0 Å². The fourth-order valence-corrected chi connectivity index (χ4v) is 4.03. The Hall–Kier alpha value is -0.280. The van der Waals surface area contributed by atoms with Gasteiger partial charge in [0.05, 0.1) is 10.0 Å². The Morgan fingerprint density at radius 1 is 1.15 bits per heavy atom. The number of nitrogens with zero attached hydrogens (tertiary/aromatic N) is 1. The summed E-state index contributed by atoms with van der Waals surface area (Å²) in [5, 5.41) is 4.91. The Bertz CT molecular complexity index is 495. The molecule has 2 aliphatic rings. The van der Waals surface area contributed by atoms with E-state index in [1.165, 1.54) is 45.4 Å². The van der Waals surface area contributed by atoms with E-state index in [0.29, 0.717) is 10.4 Å². The fourth-order valence-electron chi connectivity index (χ4n) is 3.58. The van der Waals surface area contributed by atoms with Crippen molar-refractivity contribution in [2.45, 2.75) is 32.7 Å². The number of piperidine rings is 1. The standard InChI is InChI=1S/C16H22Cl2N2/c1-12-2-3-13(15(18)14(12)17)10-20-9-6-16(11-20)4-7-19-8-5-16/h2-3,19H,4-11H2,1H3. The third-order valence-corrected chi connectivity index (χ3v) is 5.95. The Kier molecular flexibility index (Phi) is 4.28. The van der Waals surface area contributed by atoms with Gasteiger partial charge in [0.15, 0.2) is 0 Å². The molecule has 3 rings (SSSR count). The normalized spacial score (nSPS) is 22.6. The molecule has 0 bridgehead atoms. The summed E-state index contributed by atoms with van der Waals surface area (Å²) >= 11 is 12.6. The minimum Gasteiger partial charge on any atom is -0.317 e. The Morgan fingerprint density at radius 3 is 2.65 bits per heavy atom. The molecule has 0 aliphatic carbocycles. The summed E-state index contributed by atoms with van der Waals surface area (Å²) in [5.41, 5.74) is 2.76. The third kappa shape index (κ3) is 2.85. The van der Waals surface area contributed by atoms with Crippen molar-refractivity contribution in [3.63, 3.8) is 0 Å². The molecule has 0 aromatic heterocycles. The van der Waals surface area contributed by atoms with Crippen LogP contribution in [-0.4, -0.2) is 31.1 Å². The molecule has 1 aromatic carbocycles. The van der Waals surface area contributed by atoms with Crippen molar-refractivity contribution in [3.8, 4) is 0 Å². The molecule has 0 amide bonds. The first-order valence-electron chi connectivity index (χ1n) is 7.46. The highest BCUT2D eigenvalue weighted by atomic mass is 35.5. The monoisotopic (exact) mass is 312 g/mol. The Balaban J connectivity index is 1.69. The van der Waals surface area contributed by atoms with Gasteiger partial charge in [-0.2, -0.15) is 0 Å². The predicted molar refractivity (Wildman–Crippen MR) is 85.6 cm³/mol. The van der Waals surface area contributed by atoms with Crippen LogP contribution >= 0.6 is 23.2 Å². The van der Waals surface area contributed by atoms with E-state index < -0.39 is 0 Å². The van der Waals surface area contributed by atoms with Crippen LogP contribution < -0.4 is 5.32 Å². The van der Waals surface area contributed by atoms with Gasteiger partial charge in [-0.05, 0) is 62.4 Å². The van der Waals surface area contributed by atoms with Gasteiger partial charge in [0.1, 0.15) is 0 Å². The van der Waals surface area contributed by atoms with Gasteiger partial charge in [-0.25, -0.2) is 0 Å². The maximum atomic E-state index is 6.39. The van der Waals surface area contributed by atoms with Gasteiger partial charge in [0.2, 0.25) is 0 Å². The molecule has 1 spiro atoms. The molecular weight excluding hydrogens is 291 g/mol. The van der Waals surface area contributed by atoms with E-state index in [2.05, 4.69) is 22.3 Å². The second-order valence-electron chi connectivity index (χ2n) is 6.38. The van der Waals surface area contributed by atoms with Crippen molar-refractivity contribution in [3.05, 3.63) is 33.3 Å². The molecule has 2 fully saturated rings. The van der Waals surface area contributed by atoms with E-state index in [4.69, 9.17) is 23.2 Å². The molecule has 20 heavy (non-hydrogen) atoms. The maximum Gasteiger partial charge on any atom is 0.0640 e. The quantitative estimate of drug-likeness (QED) is 0.891. The molecule has 0 radical (unpaired) electrons. The van der Waals surface area contributed by atoms with Gasteiger partial charge in [-0.3, -0.25) is 4.90 Å². The second-order valence-corrected chi connectivity index (χ2v) is 7.14. The van der Waals surface area contributed by atoms with E-state index in [0.717, 1.165) is 22.7 Å². The number of nitrogens with one attached hydrogen (secondary N) is 1. The lowest BCUT2D eigenvalue weighted by Crippen LogP contribution is -2.38. The molecule has 1 N–H and O–H groups in total. The van der Waals surface area contributed by atoms with Crippen LogP contribution in [0.3, 0.4) is 0 Å². The molecule has 2 saturated heterocycles. The zero-order valence-corrected chi connectivity index (χ0v) is 13.5. The van der Waals surface area contributed by atoms with E-state index in [9.17, 15) is 0 Å². The van der Waals surface area contributed by atoms with Gasteiger partial charge in [-0.15, -0.1) is 0 Å². The van der Waals surface area contributed by atoms with Crippen LogP contribution in [0.25, 0.3) is 0 Å². The second kappa shape index (κ2) is 5.84. The van der Waals surface area contributed by atoms with Crippen molar-refractivity contribution in [2.24, 2.45) is 5.41 Å². The largest absolute Gasteiger partial charge is 0.317 e. The van der Waals surface area contributed by atoms with Crippen LogP contribution in [0.15, 0.2) is 12.1 Å². The summed E-state index contributed by atoms with van der Waals surface area (Å²) in [6, 6.07) is 4.19. The maximum absolute atomic E-state index is 6.39. The molecule has 110 valence electrons. The number of hydrogen-bond donors (Lipinski definition) is 1. The van der Waals surface area contributed by atoms with E-state index in [1.54, 1.807) is 0 Å². The summed E-state index contributed by atoms with van der Waals surface area (Å²) in [6.45, 7) is 7.65. The number of likely N-dealkylation sites (tertiary alicyclic amines) is 1. The van der Waals surface area contributed by atoms with E-state index in [-0.39, 0.29) is 0 Å². The molecule has 1 aromatic rings. The molecule has 0 atom stereocenters. The van der Waals surface area contributed by atoms with Crippen LogP contribution in [0.4, 0.5) is 0 Å². The summed E-state index contributed by atoms with van der Waals surface area (Å²) < 4.78 is 0. The van der Waals surface area contributed by atoms with Gasteiger partial charge < -0.3 is 5.32 Å². The predicted octanol–water partition coefficient (Wildman–Crippen LogP) is 3.88. The third-order valence-electron chi connectivity index (χ3n) is 4.93. The molecule has 0 saturated carbocycles. The summed E-state index contributed by atoms with van der Waals surface area (Å²) in [6.07, 6.45) is 3.95. The highest BCUT2D eigenvalue weighted by Gasteiger charge is 2.38. The summed E-state index contributed by atoms with van der Waals surface area (Å²) in [7, 11) is 0. The van der Waals surface area contributed by atoms with Crippen molar-refractivity contribution < 1.29 is 0 Å². The van der Waals surface area contributed by atoms with E-state index in [1.807, 2.05) is 6.92 Å². The van der Waals surface area contributed by atoms with Gasteiger partial charge in [-0.1, -0.05) is 35.3 Å². The van der Waals surface area contributed by atoms with Crippen molar-refractivity contribution in [2.75, 3.05) is 26.2 Å². The minimum absolute atomic E-state index is 0.548. The molecule has 0 unspecified atom stereocenters. The Labute approximate surface area is 131 Å². The Morgan fingerprint density at radius 2 is 1.90 bits per heavy atom. The average Bonchev–Trinajstić information content (AvgIpc) is 2.83. The molecule has 2 heterocycles. The van der Waals surface area contributed by atoms with Crippen LogP contribution in [0.1, 0.15) is 30.4 Å². The molecular formula is C16H22Cl2N2. The number of rotatable bonds is 2. The van der Waals surface area contributed by atoms with Crippen molar-refractivity contribution in [1.82, 2.24) is 10.2 Å². The fraction of sp³-hybridized carbons (Fsp3) is 0.625. The number of aryl methyl sites for hydroxylation is 1. The molecule has 2 nitrogen and oxygen atoms in total. The molecule has 4 heteroatoms. The zero-order chi connectivity index (χ0) is 14.2. The number of halogens is 2. The molecule has 2 aliphatic heterocycles. The highest BCUT2D eigenvalue weighted by molar-refractivity contribution is 6.42. The minimum atomic E-state index is 0.548. The van der Waals surface area contributed by atoms with Crippen LogP contribution in [0, 0.1) is 12.3 Å². The lowest BCUT2D eigenvalue weighted by atomic mass is 9.78. The first-order valence-corrected chi connectivity index (χ1v) is 8.22. The lowest BCUT2D eigenvalue weighted by Gasteiger charge is -2.34. The van der Waals surface area contributed by atoms with Crippen LogP contribution in [0.5, 0.6) is 0 Å². The van der Waals surface area contributed by atoms with Crippen LogP contribution in [0.2, 0.25) is 10.0 Å².